The van der Waals surface area contributed by atoms with E-state index in [-0.39, 0.29) is 12.5 Å². The van der Waals surface area contributed by atoms with Gasteiger partial charge in [0.1, 0.15) is 11.8 Å². The average Bonchev–Trinajstić information content (AvgIpc) is 3.03. The Bertz CT molecular complexity index is 710. The van der Waals surface area contributed by atoms with Crippen LogP contribution in [0.15, 0.2) is 12.7 Å². The number of rotatable bonds is 3. The predicted molar refractivity (Wildman–Crippen MR) is 83.1 cm³/mol. The van der Waals surface area contributed by atoms with Gasteiger partial charge in [-0.3, -0.25) is 4.79 Å². The molecule has 7 heteroatoms. The van der Waals surface area contributed by atoms with E-state index in [4.69, 9.17) is 6.42 Å². The predicted octanol–water partition coefficient (Wildman–Crippen LogP) is 0.661. The Balaban J connectivity index is 1.67. The number of carbonyl (C=O) groups excluding carboxylic acids is 1. The quantitative estimate of drug-likeness (QED) is 0.842. The average molecular weight is 298 g/mol. The number of H-pyrrole nitrogens is 1. The van der Waals surface area contributed by atoms with Gasteiger partial charge >= 0.3 is 0 Å². The number of likely N-dealkylation sites (tertiary alicyclic amines) is 1. The zero-order valence-electron chi connectivity index (χ0n) is 12.5. The van der Waals surface area contributed by atoms with Crippen molar-refractivity contribution in [3.05, 3.63) is 12.7 Å². The first kappa shape index (κ1) is 14.3. The normalized spacial score (nSPS) is 15.7. The van der Waals surface area contributed by atoms with E-state index in [9.17, 15) is 4.79 Å². The monoisotopic (exact) mass is 298 g/mol. The molecule has 7 nitrogen and oxygen atoms in total. The molecule has 22 heavy (non-hydrogen) atoms. The number of amides is 1. The number of likely N-dealkylation sites (N-methyl/N-ethyl adjacent to an activating group) is 1. The number of hydrogen-bond acceptors (Lipinski definition) is 5. The van der Waals surface area contributed by atoms with Gasteiger partial charge in [-0.05, 0) is 12.8 Å². The van der Waals surface area contributed by atoms with Crippen LogP contribution in [0, 0.1) is 18.3 Å². The van der Waals surface area contributed by atoms with Crippen LogP contribution in [0.1, 0.15) is 12.8 Å². The Morgan fingerprint density at radius 3 is 2.95 bits per heavy atom. The van der Waals surface area contributed by atoms with Gasteiger partial charge in [-0.25, -0.2) is 15.0 Å². The maximum Gasteiger partial charge on any atom is 0.242 e. The molecule has 2 aromatic heterocycles. The van der Waals surface area contributed by atoms with Crippen molar-refractivity contribution >= 4 is 22.9 Å². The number of imidazole rings is 1. The van der Waals surface area contributed by atoms with E-state index in [0.29, 0.717) is 17.4 Å². The number of carbonyl (C=O) groups is 1. The summed E-state index contributed by atoms with van der Waals surface area (Å²) < 4.78 is 0. The first-order chi connectivity index (χ1) is 10.7. The van der Waals surface area contributed by atoms with Crippen LogP contribution in [-0.4, -0.2) is 57.4 Å². The number of nitrogens with one attached hydrogen (secondary N) is 1. The molecule has 1 amide bonds. The Morgan fingerprint density at radius 1 is 1.45 bits per heavy atom. The molecule has 1 N–H and O–H groups in total. The van der Waals surface area contributed by atoms with Crippen molar-refractivity contribution < 1.29 is 4.79 Å². The molecular weight excluding hydrogens is 280 g/mol. The molecule has 0 aliphatic carbocycles. The topological polar surface area (TPSA) is 78.0 Å². The second-order valence-corrected chi connectivity index (χ2v) is 5.48. The number of nitrogens with zero attached hydrogens (tertiary/aromatic N) is 5. The molecule has 0 atom stereocenters. The summed E-state index contributed by atoms with van der Waals surface area (Å²) in [6.45, 7) is 1.72. The van der Waals surface area contributed by atoms with Gasteiger partial charge in [-0.2, -0.15) is 0 Å². The van der Waals surface area contributed by atoms with Crippen molar-refractivity contribution in [1.29, 1.82) is 0 Å². The first-order valence-electron chi connectivity index (χ1n) is 7.28. The van der Waals surface area contributed by atoms with E-state index in [1.165, 1.54) is 6.33 Å². The van der Waals surface area contributed by atoms with E-state index in [0.717, 1.165) is 31.4 Å². The summed E-state index contributed by atoms with van der Waals surface area (Å²) in [6, 6.07) is 0. The lowest BCUT2D eigenvalue weighted by atomic mass is 9.98. The number of hydrogen-bond donors (Lipinski definition) is 1. The standard InChI is InChI=1S/C15H18N6O/c1-3-11-4-6-21(7-5-11)12(22)8-20(2)15-13-14(17-9-16-13)18-10-19-15/h1,9-11H,4-8H2,2H3,(H,16,17,18,19). The van der Waals surface area contributed by atoms with Crippen LogP contribution < -0.4 is 4.90 Å². The largest absolute Gasteiger partial charge is 0.348 e. The van der Waals surface area contributed by atoms with Crippen LogP contribution in [0.5, 0.6) is 0 Å². The Hall–Kier alpha value is -2.62. The molecule has 1 aliphatic heterocycles. The van der Waals surface area contributed by atoms with E-state index >= 15 is 0 Å². The third kappa shape index (κ3) is 2.72. The number of fused-ring (bicyclic) bond motifs is 1. The lowest BCUT2D eigenvalue weighted by Crippen LogP contribution is -2.43. The lowest BCUT2D eigenvalue weighted by molar-refractivity contribution is -0.130. The molecule has 0 radical (unpaired) electrons. The van der Waals surface area contributed by atoms with Crippen molar-refractivity contribution in [2.24, 2.45) is 5.92 Å². The van der Waals surface area contributed by atoms with Crippen LogP contribution in [0.25, 0.3) is 11.2 Å². The minimum absolute atomic E-state index is 0.0873. The molecular formula is C15H18N6O. The molecule has 0 aromatic carbocycles. The van der Waals surface area contributed by atoms with Crippen LogP contribution >= 0.6 is 0 Å². The highest BCUT2D eigenvalue weighted by atomic mass is 16.2. The zero-order valence-corrected chi connectivity index (χ0v) is 12.5. The highest BCUT2D eigenvalue weighted by molar-refractivity contribution is 5.87. The second kappa shape index (κ2) is 6.02. The van der Waals surface area contributed by atoms with Crippen molar-refractivity contribution in [3.8, 4) is 12.3 Å². The summed E-state index contributed by atoms with van der Waals surface area (Å²) in [7, 11) is 1.84. The summed E-state index contributed by atoms with van der Waals surface area (Å²) in [4.78, 5) is 31.5. The van der Waals surface area contributed by atoms with Gasteiger partial charge in [0.25, 0.3) is 0 Å². The first-order valence-corrected chi connectivity index (χ1v) is 7.28. The maximum absolute atomic E-state index is 12.4. The summed E-state index contributed by atoms with van der Waals surface area (Å²) in [6.07, 6.45) is 10.2. The Labute approximate surface area is 128 Å². The van der Waals surface area contributed by atoms with Crippen molar-refractivity contribution in [3.63, 3.8) is 0 Å². The van der Waals surface area contributed by atoms with Crippen molar-refractivity contribution in [1.82, 2.24) is 24.8 Å². The van der Waals surface area contributed by atoms with Gasteiger partial charge < -0.3 is 14.8 Å². The number of piperidine rings is 1. The number of aromatic nitrogens is 4. The third-order valence-electron chi connectivity index (χ3n) is 4.02. The molecule has 114 valence electrons. The van der Waals surface area contributed by atoms with Gasteiger partial charge in [-0.15, -0.1) is 12.3 Å². The van der Waals surface area contributed by atoms with Crippen LogP contribution in [0.2, 0.25) is 0 Å². The van der Waals surface area contributed by atoms with E-state index in [1.807, 2.05) is 16.8 Å². The van der Waals surface area contributed by atoms with Gasteiger partial charge in [0, 0.05) is 26.1 Å². The summed E-state index contributed by atoms with van der Waals surface area (Å²) in [5.41, 5.74) is 1.34. The fraction of sp³-hybridized carbons (Fsp3) is 0.467. The van der Waals surface area contributed by atoms with Gasteiger partial charge in [0.15, 0.2) is 11.5 Å². The minimum atomic E-state index is 0.0873. The molecule has 0 saturated carbocycles. The molecule has 1 saturated heterocycles. The van der Waals surface area contributed by atoms with Gasteiger partial charge in [-0.1, -0.05) is 0 Å². The highest BCUT2D eigenvalue weighted by Gasteiger charge is 2.23. The highest BCUT2D eigenvalue weighted by Crippen LogP contribution is 2.19. The van der Waals surface area contributed by atoms with Gasteiger partial charge in [0.2, 0.25) is 5.91 Å². The molecule has 2 aromatic rings. The van der Waals surface area contributed by atoms with E-state index in [2.05, 4.69) is 25.9 Å². The number of aromatic amines is 1. The zero-order chi connectivity index (χ0) is 15.5. The minimum Gasteiger partial charge on any atom is -0.348 e. The molecule has 0 bridgehead atoms. The summed E-state index contributed by atoms with van der Waals surface area (Å²) in [5.74, 6) is 3.83. The molecule has 1 aliphatic rings. The second-order valence-electron chi connectivity index (χ2n) is 5.48. The summed E-state index contributed by atoms with van der Waals surface area (Å²) in [5, 5.41) is 0. The van der Waals surface area contributed by atoms with E-state index in [1.54, 1.807) is 6.33 Å². The van der Waals surface area contributed by atoms with Crippen LogP contribution in [0.3, 0.4) is 0 Å². The van der Waals surface area contributed by atoms with Crippen molar-refractivity contribution in [2.45, 2.75) is 12.8 Å². The Kier molecular flexibility index (Phi) is 3.92. The Morgan fingerprint density at radius 2 is 2.23 bits per heavy atom. The molecule has 0 unspecified atom stereocenters. The molecule has 1 fully saturated rings. The fourth-order valence-corrected chi connectivity index (χ4v) is 2.72. The fourth-order valence-electron chi connectivity index (χ4n) is 2.72. The smallest absolute Gasteiger partial charge is 0.242 e. The van der Waals surface area contributed by atoms with Crippen LogP contribution in [0.4, 0.5) is 5.82 Å². The molecule has 0 spiro atoms. The third-order valence-corrected chi connectivity index (χ3v) is 4.02. The molecule has 3 rings (SSSR count). The SMILES string of the molecule is C#CC1CCN(C(=O)CN(C)c2ncnc3nc[nH]c23)CC1. The van der Waals surface area contributed by atoms with Gasteiger partial charge in [0.05, 0.1) is 12.9 Å². The maximum atomic E-state index is 12.4. The lowest BCUT2D eigenvalue weighted by Gasteiger charge is -2.31. The van der Waals surface area contributed by atoms with E-state index < -0.39 is 0 Å². The number of terminal acetylenes is 1. The number of anilines is 1. The molecule has 3 heterocycles. The summed E-state index contributed by atoms with van der Waals surface area (Å²) >= 11 is 0. The van der Waals surface area contributed by atoms with Crippen LogP contribution in [-0.2, 0) is 4.79 Å². The van der Waals surface area contributed by atoms with Crippen molar-refractivity contribution in [2.75, 3.05) is 31.6 Å².